The highest BCUT2D eigenvalue weighted by Gasteiger charge is 2.30. The van der Waals surface area contributed by atoms with Crippen LogP contribution < -0.4 is 4.31 Å². The molecule has 0 aromatic heterocycles. The summed E-state index contributed by atoms with van der Waals surface area (Å²) in [6.45, 7) is 0.453. The Bertz CT molecular complexity index is 945. The fourth-order valence-electron chi connectivity index (χ4n) is 2.17. The molecule has 0 saturated heterocycles. The van der Waals surface area contributed by atoms with Gasteiger partial charge in [0.25, 0.3) is 15.7 Å². The lowest BCUT2D eigenvalue weighted by atomic mass is 10.2. The predicted molar refractivity (Wildman–Crippen MR) is 86.4 cm³/mol. The number of carboxylic acid groups (broad SMARTS) is 1. The highest BCUT2D eigenvalue weighted by molar-refractivity contribution is 7.93. The van der Waals surface area contributed by atoms with Gasteiger partial charge in [0.1, 0.15) is 12.4 Å². The first-order valence-corrected chi connectivity index (χ1v) is 8.32. The molecule has 10 heteroatoms. The molecule has 0 fully saturated rings. The monoisotopic (exact) mass is 368 g/mol. The van der Waals surface area contributed by atoms with Gasteiger partial charge in [-0.25, -0.2) is 12.8 Å². The number of anilines is 1. The number of nitro groups is 1. The van der Waals surface area contributed by atoms with E-state index in [9.17, 15) is 27.7 Å². The minimum Gasteiger partial charge on any atom is -0.480 e. The van der Waals surface area contributed by atoms with E-state index < -0.39 is 43.9 Å². The molecule has 0 heterocycles. The molecule has 132 valence electrons. The Morgan fingerprint density at radius 2 is 1.96 bits per heavy atom. The smallest absolute Gasteiger partial charge is 0.324 e. The zero-order chi connectivity index (χ0) is 18.8. The topological polar surface area (TPSA) is 118 Å². The van der Waals surface area contributed by atoms with E-state index in [1.165, 1.54) is 25.1 Å². The van der Waals surface area contributed by atoms with E-state index in [0.717, 1.165) is 24.3 Å². The average molecular weight is 368 g/mol. The fraction of sp³-hybridized carbons (Fsp3) is 0.133. The lowest BCUT2D eigenvalue weighted by Gasteiger charge is -2.23. The van der Waals surface area contributed by atoms with Gasteiger partial charge in [0.2, 0.25) is 0 Å². The molecule has 1 N–H and O–H groups in total. The summed E-state index contributed by atoms with van der Waals surface area (Å²) in [4.78, 5) is 20.8. The highest BCUT2D eigenvalue weighted by atomic mass is 32.2. The number of hydrogen-bond donors (Lipinski definition) is 1. The van der Waals surface area contributed by atoms with Gasteiger partial charge < -0.3 is 5.11 Å². The number of rotatable bonds is 6. The first-order chi connectivity index (χ1) is 11.6. The minimum atomic E-state index is -4.47. The third-order valence-corrected chi connectivity index (χ3v) is 5.24. The van der Waals surface area contributed by atoms with E-state index in [1.54, 1.807) is 0 Å². The van der Waals surface area contributed by atoms with E-state index >= 15 is 0 Å². The summed E-state index contributed by atoms with van der Waals surface area (Å²) >= 11 is 0. The lowest BCUT2D eigenvalue weighted by molar-refractivity contribution is -0.385. The van der Waals surface area contributed by atoms with Crippen molar-refractivity contribution in [2.24, 2.45) is 0 Å². The summed E-state index contributed by atoms with van der Waals surface area (Å²) in [5, 5.41) is 19.9. The number of nitrogens with zero attached hydrogens (tertiary/aromatic N) is 2. The third kappa shape index (κ3) is 3.91. The molecular weight excluding hydrogens is 355 g/mol. The Morgan fingerprint density at radius 3 is 2.52 bits per heavy atom. The third-order valence-electron chi connectivity index (χ3n) is 3.33. The molecule has 0 atom stereocenters. The molecule has 2 rings (SSSR count). The Morgan fingerprint density at radius 1 is 1.28 bits per heavy atom. The second kappa shape index (κ2) is 6.85. The maximum atomic E-state index is 13.4. The fourth-order valence-corrected chi connectivity index (χ4v) is 3.82. The number of aliphatic carboxylic acids is 1. The molecule has 0 amide bonds. The van der Waals surface area contributed by atoms with Gasteiger partial charge in [-0.15, -0.1) is 0 Å². The molecule has 2 aromatic carbocycles. The van der Waals surface area contributed by atoms with Crippen molar-refractivity contribution in [2.75, 3.05) is 10.8 Å². The van der Waals surface area contributed by atoms with Crippen molar-refractivity contribution in [1.82, 2.24) is 0 Å². The summed E-state index contributed by atoms with van der Waals surface area (Å²) in [5.41, 5.74) is -0.468. The normalized spacial score (nSPS) is 11.1. The van der Waals surface area contributed by atoms with Crippen LogP contribution in [0.3, 0.4) is 0 Å². The van der Waals surface area contributed by atoms with Crippen molar-refractivity contribution < 1.29 is 27.6 Å². The van der Waals surface area contributed by atoms with E-state index in [2.05, 4.69) is 0 Å². The number of non-ortho nitro benzene ring substituents is 1. The number of hydrogen-bond acceptors (Lipinski definition) is 5. The Kier molecular flexibility index (Phi) is 5.02. The second-order valence-electron chi connectivity index (χ2n) is 5.09. The van der Waals surface area contributed by atoms with Crippen LogP contribution in [-0.4, -0.2) is 31.0 Å². The summed E-state index contributed by atoms with van der Waals surface area (Å²) in [6.07, 6.45) is 0. The van der Waals surface area contributed by atoms with E-state index in [4.69, 9.17) is 5.11 Å². The van der Waals surface area contributed by atoms with Crippen LogP contribution in [-0.2, 0) is 14.8 Å². The first kappa shape index (κ1) is 18.3. The number of sulfonamides is 1. The Labute approximate surface area is 142 Å². The van der Waals surface area contributed by atoms with Crippen LogP contribution in [0.1, 0.15) is 5.56 Å². The molecule has 0 spiro atoms. The number of carboxylic acids is 1. The van der Waals surface area contributed by atoms with Crippen LogP contribution in [0.5, 0.6) is 0 Å². The standard InChI is InChI=1S/C15H13FN2O6S/c1-10-5-6-13(18(21)22)8-14(10)25(23,24)17(9-15(19)20)12-4-2-3-11(16)7-12/h2-8H,9H2,1H3,(H,19,20). The molecule has 25 heavy (non-hydrogen) atoms. The van der Waals surface area contributed by atoms with E-state index in [-0.39, 0.29) is 11.3 Å². The van der Waals surface area contributed by atoms with Crippen LogP contribution in [0.4, 0.5) is 15.8 Å². The van der Waals surface area contributed by atoms with Crippen LogP contribution in [0.2, 0.25) is 0 Å². The van der Waals surface area contributed by atoms with Crippen LogP contribution in [0, 0.1) is 22.9 Å². The predicted octanol–water partition coefficient (Wildman–Crippen LogP) is 2.32. The summed E-state index contributed by atoms with van der Waals surface area (Å²) in [5.74, 6) is -2.21. The zero-order valence-corrected chi connectivity index (χ0v) is 13.7. The van der Waals surface area contributed by atoms with Gasteiger partial charge in [-0.05, 0) is 30.7 Å². The Hall–Kier alpha value is -3.01. The molecule has 0 unspecified atom stereocenters. The maximum absolute atomic E-state index is 13.4. The number of aryl methyl sites for hydroxylation is 1. The first-order valence-electron chi connectivity index (χ1n) is 6.88. The molecule has 0 saturated carbocycles. The summed E-state index contributed by atoms with van der Waals surface area (Å²) in [7, 11) is -4.47. The average Bonchev–Trinajstić information content (AvgIpc) is 2.52. The number of benzene rings is 2. The van der Waals surface area contributed by atoms with Gasteiger partial charge in [-0.1, -0.05) is 12.1 Å². The van der Waals surface area contributed by atoms with Gasteiger partial charge in [-0.3, -0.25) is 19.2 Å². The van der Waals surface area contributed by atoms with E-state index in [1.807, 2.05) is 0 Å². The molecule has 8 nitrogen and oxygen atoms in total. The molecule has 0 bridgehead atoms. The second-order valence-corrected chi connectivity index (χ2v) is 6.92. The van der Waals surface area contributed by atoms with Gasteiger partial charge in [-0.2, -0.15) is 0 Å². The lowest BCUT2D eigenvalue weighted by Crippen LogP contribution is -2.36. The van der Waals surface area contributed by atoms with Gasteiger partial charge >= 0.3 is 5.97 Å². The minimum absolute atomic E-state index is 0.192. The molecule has 0 aliphatic carbocycles. The van der Waals surface area contributed by atoms with Crippen molar-refractivity contribution >= 4 is 27.4 Å². The van der Waals surface area contributed by atoms with E-state index in [0.29, 0.717) is 4.31 Å². The van der Waals surface area contributed by atoms with Crippen molar-refractivity contribution in [2.45, 2.75) is 11.8 Å². The van der Waals surface area contributed by atoms with Crippen LogP contribution >= 0.6 is 0 Å². The van der Waals surface area contributed by atoms with Crippen molar-refractivity contribution in [1.29, 1.82) is 0 Å². The zero-order valence-electron chi connectivity index (χ0n) is 12.9. The highest BCUT2D eigenvalue weighted by Crippen LogP contribution is 2.28. The maximum Gasteiger partial charge on any atom is 0.324 e. The van der Waals surface area contributed by atoms with Gasteiger partial charge in [0, 0.05) is 12.1 Å². The van der Waals surface area contributed by atoms with Gasteiger partial charge in [0.15, 0.2) is 0 Å². The van der Waals surface area contributed by atoms with Crippen molar-refractivity contribution in [3.8, 4) is 0 Å². The summed E-state index contributed by atoms with van der Waals surface area (Å²) < 4.78 is 39.7. The largest absolute Gasteiger partial charge is 0.480 e. The van der Waals surface area contributed by atoms with Crippen LogP contribution in [0.25, 0.3) is 0 Å². The Balaban J connectivity index is 2.65. The molecule has 0 aliphatic rings. The molecular formula is C15H13FN2O6S. The van der Waals surface area contributed by atoms with Crippen molar-refractivity contribution in [3.63, 3.8) is 0 Å². The SMILES string of the molecule is Cc1ccc([N+](=O)[O-])cc1S(=O)(=O)N(CC(=O)O)c1cccc(F)c1. The van der Waals surface area contributed by atoms with Gasteiger partial charge in [0.05, 0.1) is 15.5 Å². The summed E-state index contributed by atoms with van der Waals surface area (Å²) in [6, 6.07) is 7.64. The number of halogens is 1. The molecule has 2 aromatic rings. The quantitative estimate of drug-likeness (QED) is 0.617. The molecule has 0 radical (unpaired) electrons. The number of carbonyl (C=O) groups is 1. The molecule has 0 aliphatic heterocycles. The number of nitro benzene ring substituents is 1. The van der Waals surface area contributed by atoms with Crippen molar-refractivity contribution in [3.05, 3.63) is 64.0 Å². The van der Waals surface area contributed by atoms with Crippen LogP contribution in [0.15, 0.2) is 47.4 Å².